The minimum atomic E-state index is -0.719. The van der Waals surface area contributed by atoms with Crippen molar-refractivity contribution < 1.29 is 95.5 Å². The number of hydrogen-bond acceptors (Lipinski definition) is 23. The van der Waals surface area contributed by atoms with E-state index < -0.39 is 42.1 Å². The van der Waals surface area contributed by atoms with Gasteiger partial charge in [0.25, 0.3) is 0 Å². The van der Waals surface area contributed by atoms with E-state index in [1.807, 2.05) is 188 Å². The minimum absolute atomic E-state index is 0. The fourth-order valence-corrected chi connectivity index (χ4v) is 15.9. The van der Waals surface area contributed by atoms with Crippen LogP contribution in [0.4, 0.5) is 0 Å². The number of nitrogens with two attached hydrogens (primary N) is 3. The SMILES string of the molecule is C.C.C.COC(=O)C(N)CC1=c2ccccc2=[NH+]C1=Cc1ccc2c(c1)OCO2.COC(=O)C(N)Cc1c[nH]c2ccccc12.COC(=O)C1Cc2c([nH]c3ccccc23)C(c2ccc3c(c2)OCO3)N1.COC(=O)[C@H](N)CC1=c2ccccc2=[NH+]C1=Cc1ccc2c(c1)OCO2.COC(=O)[C@H]1Cc2c([nH]c3ccccc23)[C@@H](c2ccc3c(c2)OCO3)N1.[CH3-].[CH3-]. The summed E-state index contributed by atoms with van der Waals surface area (Å²) in [4.78, 5) is 76.3. The summed E-state index contributed by atoms with van der Waals surface area (Å²) in [6.07, 6.45) is 8.34. The number of aromatic nitrogens is 3. The minimum Gasteiger partial charge on any atom is -0.468 e. The number of rotatable bonds is 15. The van der Waals surface area contributed by atoms with Crippen LogP contribution in [0.15, 0.2) is 212 Å². The van der Waals surface area contributed by atoms with Gasteiger partial charge in [0.1, 0.15) is 30.2 Å². The van der Waals surface area contributed by atoms with Crippen molar-refractivity contribution in [2.24, 2.45) is 17.2 Å². The molecule has 11 heterocycles. The zero-order chi connectivity index (χ0) is 83.1. The molecule has 9 aromatic carbocycles. The third-order valence-electron chi connectivity index (χ3n) is 21.8. The Balaban J connectivity index is 0.000000152. The lowest BCUT2D eigenvalue weighted by Crippen LogP contribution is -2.73. The Morgan fingerprint density at radius 1 is 0.408 bits per heavy atom. The molecule has 8 aliphatic rings. The fraction of sp³-hybridized carbons (Fsp3) is 0.247. The van der Waals surface area contributed by atoms with E-state index in [0.717, 1.165) is 173 Å². The number of nitrogens with one attached hydrogen (secondary N) is 7. The first kappa shape index (κ1) is 91.7. The van der Waals surface area contributed by atoms with Crippen molar-refractivity contribution in [3.05, 3.63) is 298 Å². The topological polar surface area (TPSA) is 383 Å². The molecule has 0 spiro atoms. The van der Waals surface area contributed by atoms with Crippen molar-refractivity contribution in [1.29, 1.82) is 0 Å². The third kappa shape index (κ3) is 19.6. The normalized spacial score (nSPS) is 17.3. The predicted molar refractivity (Wildman–Crippen MR) is 474 cm³/mol. The highest BCUT2D eigenvalue weighted by Crippen LogP contribution is 2.43. The number of carbonyl (C=O) groups is 5. The van der Waals surface area contributed by atoms with Gasteiger partial charge in [-0.3, -0.25) is 34.6 Å². The summed E-state index contributed by atoms with van der Waals surface area (Å²) in [5, 5.41) is 14.3. The highest BCUT2D eigenvalue weighted by atomic mass is 16.7. The number of ether oxygens (including phenoxy) is 13. The largest absolute Gasteiger partial charge is 0.468 e. The molecule has 28 nitrogen and oxygen atoms in total. The van der Waals surface area contributed by atoms with Gasteiger partial charge in [-0.25, -0.2) is 9.98 Å². The van der Waals surface area contributed by atoms with Gasteiger partial charge in [0.15, 0.2) is 46.0 Å². The molecule has 3 aromatic heterocycles. The Morgan fingerprint density at radius 2 is 0.752 bits per heavy atom. The fourth-order valence-electron chi connectivity index (χ4n) is 15.9. The molecular formula is C97H106N10O18. The third-order valence-corrected chi connectivity index (χ3v) is 21.8. The lowest BCUT2D eigenvalue weighted by molar-refractivity contribution is -0.431. The van der Waals surface area contributed by atoms with E-state index in [-0.39, 0.29) is 94.3 Å². The zero-order valence-electron chi connectivity index (χ0n) is 68.2. The number of fused-ring (bicyclic) bond motifs is 13. The number of allylic oxidation sites excluding steroid dienone is 2. The summed E-state index contributed by atoms with van der Waals surface area (Å²) >= 11 is 0. The second-order valence-corrected chi connectivity index (χ2v) is 29.1. The molecule has 20 rings (SSSR count). The van der Waals surface area contributed by atoms with Gasteiger partial charge in [-0.05, 0) is 118 Å². The van der Waals surface area contributed by atoms with Crippen LogP contribution in [0, 0.1) is 14.9 Å². The molecule has 28 heteroatoms. The van der Waals surface area contributed by atoms with Gasteiger partial charge in [0.05, 0.1) is 58.1 Å². The first-order valence-electron chi connectivity index (χ1n) is 38.9. The Hall–Kier alpha value is -14.0. The van der Waals surface area contributed by atoms with E-state index in [9.17, 15) is 24.0 Å². The number of hydrogen-bond donors (Lipinski definition) is 10. The summed E-state index contributed by atoms with van der Waals surface area (Å²) in [7, 11) is 6.88. The molecule has 0 radical (unpaired) electrons. The molecule has 0 aliphatic carbocycles. The zero-order valence-corrected chi connectivity index (χ0v) is 68.2. The van der Waals surface area contributed by atoms with Gasteiger partial charge < -0.3 is 109 Å². The van der Waals surface area contributed by atoms with Crippen LogP contribution in [-0.4, -0.2) is 138 Å². The number of carbonyl (C=O) groups excluding carboxylic acids is 5. The Bertz CT molecular complexity index is 5980. The van der Waals surface area contributed by atoms with Crippen LogP contribution < -0.4 is 96.9 Å². The van der Waals surface area contributed by atoms with Gasteiger partial charge in [-0.15, -0.1) is 0 Å². The number of methoxy groups -OCH3 is 5. The van der Waals surface area contributed by atoms with Crippen LogP contribution in [0.2, 0.25) is 0 Å². The van der Waals surface area contributed by atoms with Crippen molar-refractivity contribution in [2.45, 2.75) is 96.7 Å². The molecule has 0 saturated heterocycles. The number of H-pyrrole nitrogens is 3. The van der Waals surface area contributed by atoms with Crippen molar-refractivity contribution in [3.63, 3.8) is 0 Å². The molecule has 125 heavy (non-hydrogen) atoms. The summed E-state index contributed by atoms with van der Waals surface area (Å²) in [5.74, 6) is 4.11. The average Bonchev–Trinajstić information content (AvgIpc) is 1.54. The van der Waals surface area contributed by atoms with Crippen LogP contribution in [0.25, 0.3) is 56.0 Å². The molecule has 12 aromatic rings. The van der Waals surface area contributed by atoms with Crippen LogP contribution in [0.5, 0.6) is 46.0 Å². The first-order valence-corrected chi connectivity index (χ1v) is 38.9. The van der Waals surface area contributed by atoms with Crippen molar-refractivity contribution in [2.75, 3.05) is 62.7 Å². The molecule has 7 atom stereocenters. The van der Waals surface area contributed by atoms with E-state index in [2.05, 4.69) is 64.6 Å². The standard InChI is InChI=1S/4C20H18N2O4.C12H14N2O2.3CH4.2CH3/c2*1-24-20(23)15-9-13-12-4-2-3-5-14(12)21-19(13)18(22-15)11-6-7-16-17(8-11)26-10-25-16;2*1-24-20(23)15(21)10-14-13-4-2-3-5-16(13)22-17(14)8-12-6-7-18-19(9-12)26-11-25-18;1-16-12(15)10(13)6-8-7-14-11-5-3-2-4-9(8)11;;;;;/h2*2-8,15,18,21-22H,9-10H2,1H3;2*2-9,15H,10-11,21H2,1H3;2-5,7,10,14H,6,13H2,1H3;3*1H4;2*1H3/q;;;;;;;;2*-1/p+2/t15-,18-;;15-;;;;;;;/m1.1......./s1. The number of aromatic amines is 3. The molecule has 8 aliphatic heterocycles. The summed E-state index contributed by atoms with van der Waals surface area (Å²) < 4.78 is 67.6. The maximum Gasteiger partial charge on any atom is 0.323 e. The quantitative estimate of drug-likeness (QED) is 0.0266. The van der Waals surface area contributed by atoms with Gasteiger partial charge >= 0.3 is 29.8 Å². The molecule has 4 unspecified atom stereocenters. The molecule has 13 N–H and O–H groups in total. The maximum atomic E-state index is 12.3. The Morgan fingerprint density at radius 3 is 1.15 bits per heavy atom. The van der Waals surface area contributed by atoms with Crippen molar-refractivity contribution in [1.82, 2.24) is 25.6 Å². The summed E-state index contributed by atoms with van der Waals surface area (Å²) in [6.45, 7) is 0.952. The van der Waals surface area contributed by atoms with Crippen LogP contribution in [-0.2, 0) is 66.9 Å². The van der Waals surface area contributed by atoms with Gasteiger partial charge in [-0.2, -0.15) is 0 Å². The highest BCUT2D eigenvalue weighted by molar-refractivity contribution is 5.90. The summed E-state index contributed by atoms with van der Waals surface area (Å²) in [6, 6.07) is 60.3. The first-order chi connectivity index (χ1) is 58.5. The highest BCUT2D eigenvalue weighted by Gasteiger charge is 2.38. The molecule has 652 valence electrons. The van der Waals surface area contributed by atoms with Crippen LogP contribution in [0.1, 0.15) is 97.5 Å². The second kappa shape index (κ2) is 40.8. The smallest absolute Gasteiger partial charge is 0.323 e. The predicted octanol–water partition coefficient (Wildman–Crippen LogP) is 7.79. The number of para-hydroxylation sites is 5. The molecule has 0 saturated carbocycles. The van der Waals surface area contributed by atoms with Crippen LogP contribution >= 0.6 is 0 Å². The van der Waals surface area contributed by atoms with E-state index in [1.165, 1.54) is 35.5 Å². The van der Waals surface area contributed by atoms with Gasteiger partial charge in [0.2, 0.25) is 49.3 Å². The molecule has 0 amide bonds. The lowest BCUT2D eigenvalue weighted by atomic mass is 9.90. The second-order valence-electron chi connectivity index (χ2n) is 29.1. The number of esters is 5. The molecule has 0 bridgehead atoms. The average molecular weight is 1700 g/mol. The lowest BCUT2D eigenvalue weighted by Gasteiger charge is -2.30. The van der Waals surface area contributed by atoms with E-state index in [0.29, 0.717) is 32.1 Å². The monoisotopic (exact) mass is 1700 g/mol. The molecule has 0 fully saturated rings. The van der Waals surface area contributed by atoms with Gasteiger partial charge in [0, 0.05) is 118 Å². The van der Waals surface area contributed by atoms with E-state index in [1.54, 1.807) is 0 Å². The number of benzene rings is 9. The van der Waals surface area contributed by atoms with Gasteiger partial charge in [-0.1, -0.05) is 125 Å². The van der Waals surface area contributed by atoms with Crippen LogP contribution in [0.3, 0.4) is 0 Å². The van der Waals surface area contributed by atoms with E-state index in [4.69, 9.17) is 74.0 Å². The Labute approximate surface area is 724 Å². The van der Waals surface area contributed by atoms with Crippen molar-refractivity contribution >= 4 is 85.9 Å². The Kier molecular flexibility index (Phi) is 29.9. The van der Waals surface area contributed by atoms with E-state index >= 15 is 0 Å². The maximum absolute atomic E-state index is 12.3. The summed E-state index contributed by atoms with van der Waals surface area (Å²) in [5.41, 5.74) is 34.1. The van der Waals surface area contributed by atoms with Crippen molar-refractivity contribution in [3.8, 4) is 46.0 Å². The molecular weight excluding hydrogens is 1590 g/mol.